The van der Waals surface area contributed by atoms with E-state index in [4.69, 9.17) is 9.47 Å². The summed E-state index contributed by atoms with van der Waals surface area (Å²) in [5.74, 6) is 0.0483. The highest BCUT2D eigenvalue weighted by atomic mass is 16.5. The summed E-state index contributed by atoms with van der Waals surface area (Å²) >= 11 is 0. The molecule has 4 amide bonds. The molecular weight excluding hydrogens is 598 g/mol. The van der Waals surface area contributed by atoms with Crippen molar-refractivity contribution < 1.29 is 28.7 Å². The van der Waals surface area contributed by atoms with Crippen LogP contribution in [0.5, 0.6) is 17.2 Å². The average molecular weight is 632 g/mol. The Balaban J connectivity index is 0.921. The van der Waals surface area contributed by atoms with Crippen molar-refractivity contribution in [1.29, 1.82) is 0 Å². The molecule has 1 saturated heterocycles. The number of anilines is 1. The number of carbonyl (C=O) groups is 4. The van der Waals surface area contributed by atoms with Crippen molar-refractivity contribution in [2.45, 2.75) is 63.1 Å². The van der Waals surface area contributed by atoms with Gasteiger partial charge in [0.05, 0.1) is 23.5 Å². The van der Waals surface area contributed by atoms with Crippen molar-refractivity contribution in [1.82, 2.24) is 20.2 Å². The van der Waals surface area contributed by atoms with Crippen LogP contribution in [-0.4, -0.2) is 56.7 Å². The molecule has 1 aliphatic carbocycles. The summed E-state index contributed by atoms with van der Waals surface area (Å²) in [7, 11) is 0. The molecule has 2 aliphatic heterocycles. The van der Waals surface area contributed by atoms with Crippen molar-refractivity contribution in [3.05, 3.63) is 108 Å². The minimum Gasteiger partial charge on any atom is -0.490 e. The molecule has 11 heteroatoms. The summed E-state index contributed by atoms with van der Waals surface area (Å²) in [6.45, 7) is 4.36. The van der Waals surface area contributed by atoms with Crippen LogP contribution in [0.2, 0.25) is 0 Å². The number of fused-ring (bicyclic) bond motifs is 1. The molecule has 1 unspecified atom stereocenters. The number of nitrogens with zero attached hydrogens (tertiary/aromatic N) is 3. The quantitative estimate of drug-likeness (QED) is 0.244. The van der Waals surface area contributed by atoms with Gasteiger partial charge in [0.25, 0.3) is 11.8 Å². The van der Waals surface area contributed by atoms with E-state index in [1.54, 1.807) is 30.6 Å². The van der Waals surface area contributed by atoms with Crippen LogP contribution < -0.4 is 20.1 Å². The minimum atomic E-state index is -0.982. The van der Waals surface area contributed by atoms with Gasteiger partial charge in [-0.15, -0.1) is 0 Å². The molecule has 4 aromatic rings. The molecule has 7 rings (SSSR count). The van der Waals surface area contributed by atoms with Crippen LogP contribution in [0.3, 0.4) is 0 Å². The topological polar surface area (TPSA) is 140 Å². The molecule has 1 saturated carbocycles. The third kappa shape index (κ3) is 5.92. The summed E-state index contributed by atoms with van der Waals surface area (Å²) in [5.41, 5.74) is 3.31. The van der Waals surface area contributed by atoms with Gasteiger partial charge in [0, 0.05) is 36.4 Å². The maximum Gasteiger partial charge on any atom is 0.262 e. The van der Waals surface area contributed by atoms with Gasteiger partial charge >= 0.3 is 0 Å². The van der Waals surface area contributed by atoms with Gasteiger partial charge in [-0.2, -0.15) is 0 Å². The first-order valence-corrected chi connectivity index (χ1v) is 15.6. The van der Waals surface area contributed by atoms with Gasteiger partial charge in [0.15, 0.2) is 5.75 Å². The van der Waals surface area contributed by atoms with E-state index in [1.165, 1.54) is 6.33 Å². The van der Waals surface area contributed by atoms with E-state index < -0.39 is 29.7 Å². The number of hydrogen-bond donors (Lipinski definition) is 2. The van der Waals surface area contributed by atoms with Crippen molar-refractivity contribution in [3.63, 3.8) is 0 Å². The predicted octanol–water partition coefficient (Wildman–Crippen LogP) is 5.02. The van der Waals surface area contributed by atoms with Crippen molar-refractivity contribution in [2.75, 3.05) is 5.32 Å². The third-order valence-electron chi connectivity index (χ3n) is 9.13. The monoisotopic (exact) mass is 631 g/mol. The van der Waals surface area contributed by atoms with Gasteiger partial charge in [0.2, 0.25) is 11.8 Å². The summed E-state index contributed by atoms with van der Waals surface area (Å²) < 4.78 is 12.1. The van der Waals surface area contributed by atoms with E-state index in [1.807, 2.05) is 24.3 Å². The van der Waals surface area contributed by atoms with Crippen LogP contribution in [0.1, 0.15) is 71.4 Å². The molecule has 0 spiro atoms. The Morgan fingerprint density at radius 1 is 0.809 bits per heavy atom. The molecule has 1 atom stereocenters. The van der Waals surface area contributed by atoms with Gasteiger partial charge in [0.1, 0.15) is 30.0 Å². The lowest BCUT2D eigenvalue weighted by atomic mass is 9.78. The third-order valence-corrected chi connectivity index (χ3v) is 9.13. The van der Waals surface area contributed by atoms with Crippen molar-refractivity contribution in [2.24, 2.45) is 0 Å². The lowest BCUT2D eigenvalue weighted by molar-refractivity contribution is -0.136. The number of ether oxygens (including phenoxy) is 2. The van der Waals surface area contributed by atoms with Gasteiger partial charge in [-0.1, -0.05) is 38.1 Å². The Morgan fingerprint density at radius 3 is 2.11 bits per heavy atom. The van der Waals surface area contributed by atoms with Gasteiger partial charge in [-0.05, 0) is 60.0 Å². The Kier molecular flexibility index (Phi) is 7.67. The second-order valence-electron chi connectivity index (χ2n) is 12.6. The molecule has 238 valence electrons. The number of carbonyl (C=O) groups excluding carboxylic acids is 4. The van der Waals surface area contributed by atoms with Crippen LogP contribution in [0.25, 0.3) is 0 Å². The fourth-order valence-corrected chi connectivity index (χ4v) is 6.30. The number of rotatable bonds is 9. The smallest absolute Gasteiger partial charge is 0.262 e. The van der Waals surface area contributed by atoms with Crippen LogP contribution in [0.4, 0.5) is 5.69 Å². The molecule has 3 aromatic carbocycles. The number of nitrogens with one attached hydrogen (secondary N) is 2. The van der Waals surface area contributed by atoms with Crippen LogP contribution >= 0.6 is 0 Å². The SMILES string of the molecule is CC(C)(c1ccc(Oc2cncnc2)cc1)c1ccc(OC2CC(Nc3ccc4c(c3)C(=O)N(C3CCC(=O)NC3=O)C4=O)C2)cc1. The lowest BCUT2D eigenvalue weighted by Gasteiger charge is -2.36. The number of benzene rings is 3. The van der Waals surface area contributed by atoms with Gasteiger partial charge < -0.3 is 14.8 Å². The highest BCUT2D eigenvalue weighted by molar-refractivity contribution is 6.23. The molecule has 0 bridgehead atoms. The fourth-order valence-electron chi connectivity index (χ4n) is 6.30. The van der Waals surface area contributed by atoms with Gasteiger partial charge in [-0.3, -0.25) is 29.4 Å². The molecule has 1 aromatic heterocycles. The first kappa shape index (κ1) is 30.1. The van der Waals surface area contributed by atoms with E-state index >= 15 is 0 Å². The Bertz CT molecular complexity index is 1850. The first-order valence-electron chi connectivity index (χ1n) is 15.6. The lowest BCUT2D eigenvalue weighted by Crippen LogP contribution is -2.54. The van der Waals surface area contributed by atoms with E-state index in [9.17, 15) is 19.2 Å². The fraction of sp³-hybridized carbons (Fsp3) is 0.278. The second kappa shape index (κ2) is 12.0. The zero-order valence-corrected chi connectivity index (χ0v) is 25.9. The highest BCUT2D eigenvalue weighted by Gasteiger charge is 2.44. The molecule has 3 heterocycles. The van der Waals surface area contributed by atoms with E-state index in [0.717, 1.165) is 40.3 Å². The molecular formula is C36H33N5O6. The predicted molar refractivity (Wildman–Crippen MR) is 171 cm³/mol. The van der Waals surface area contributed by atoms with E-state index in [0.29, 0.717) is 11.5 Å². The zero-order valence-electron chi connectivity index (χ0n) is 25.9. The number of piperidine rings is 1. The molecule has 47 heavy (non-hydrogen) atoms. The van der Waals surface area contributed by atoms with E-state index in [-0.39, 0.29) is 41.5 Å². The molecule has 11 nitrogen and oxygen atoms in total. The number of amides is 4. The number of imide groups is 2. The highest BCUT2D eigenvalue weighted by Crippen LogP contribution is 2.36. The molecule has 2 fully saturated rings. The molecule has 2 N–H and O–H groups in total. The van der Waals surface area contributed by atoms with Gasteiger partial charge in [-0.25, -0.2) is 9.97 Å². The normalized spacial score (nSPS) is 20.7. The van der Waals surface area contributed by atoms with Crippen LogP contribution in [0, 0.1) is 0 Å². The van der Waals surface area contributed by atoms with Crippen molar-refractivity contribution >= 4 is 29.3 Å². The second-order valence-corrected chi connectivity index (χ2v) is 12.6. The molecule has 0 radical (unpaired) electrons. The Labute approximate surface area is 271 Å². The first-order chi connectivity index (χ1) is 22.7. The molecule has 3 aliphatic rings. The summed E-state index contributed by atoms with van der Waals surface area (Å²) in [4.78, 5) is 58.9. The zero-order chi connectivity index (χ0) is 32.7. The number of hydrogen-bond acceptors (Lipinski definition) is 9. The summed E-state index contributed by atoms with van der Waals surface area (Å²) in [6, 6.07) is 20.4. The largest absolute Gasteiger partial charge is 0.490 e. The summed E-state index contributed by atoms with van der Waals surface area (Å²) in [5, 5.41) is 5.65. The Hall–Kier alpha value is -5.58. The maximum absolute atomic E-state index is 13.1. The van der Waals surface area contributed by atoms with E-state index in [2.05, 4.69) is 58.7 Å². The average Bonchev–Trinajstić information content (AvgIpc) is 3.29. The standard InChI is InChI=1S/C36H33N5O6/c1-36(2,22-5-10-26(11-6-22)47-28-18-37-20-38-19-28)21-3-8-25(9-4-21)46-27-15-24(16-27)39-23-7-12-29-30(17-23)35(45)41(34(29)44)31-13-14-32(42)40-33(31)43/h3-12,17-20,24,27,31,39H,13-16H2,1-2H3,(H,40,42,43). The van der Waals surface area contributed by atoms with Crippen molar-refractivity contribution in [3.8, 4) is 17.2 Å². The minimum absolute atomic E-state index is 0.0505. The van der Waals surface area contributed by atoms with Crippen LogP contribution in [-0.2, 0) is 15.0 Å². The number of aromatic nitrogens is 2. The summed E-state index contributed by atoms with van der Waals surface area (Å²) in [6.07, 6.45) is 6.53. The van der Waals surface area contributed by atoms with Crippen LogP contribution in [0.15, 0.2) is 85.5 Å². The maximum atomic E-state index is 13.1. The Morgan fingerprint density at radius 2 is 1.45 bits per heavy atom.